The molecule has 1 rings (SSSR count). The molecule has 7 nitrogen and oxygen atoms in total. The number of halogens is 7. The van der Waals surface area contributed by atoms with Gasteiger partial charge in [-0.15, -0.1) is 0 Å². The van der Waals surface area contributed by atoms with Gasteiger partial charge in [0.2, 0.25) is 0 Å². The molecule has 1 aliphatic carbocycles. The summed E-state index contributed by atoms with van der Waals surface area (Å²) in [6.45, 7) is 1.50. The second kappa shape index (κ2) is 10.4. The number of carbonyl (C=O) groups excluding carboxylic acids is 1. The van der Waals surface area contributed by atoms with Gasteiger partial charge in [-0.05, 0) is 25.7 Å². The van der Waals surface area contributed by atoms with Crippen molar-refractivity contribution >= 4 is 16.1 Å². The lowest BCUT2D eigenvalue weighted by molar-refractivity contribution is -0.292. The van der Waals surface area contributed by atoms with Crippen molar-refractivity contribution in [1.29, 1.82) is 0 Å². The Hall–Kier alpha value is -1.45. The second-order valence-electron chi connectivity index (χ2n) is 7.97. The first-order valence-electron chi connectivity index (χ1n) is 9.74. The van der Waals surface area contributed by atoms with Crippen LogP contribution in [0.25, 0.3) is 0 Å². The number of aliphatic hydroxyl groups is 1. The molecule has 2 atom stereocenters. The first-order valence-corrected chi connectivity index (χ1v) is 11.2. The zero-order chi connectivity index (χ0) is 25.9. The van der Waals surface area contributed by atoms with Crippen LogP contribution in [0.15, 0.2) is 12.2 Å². The summed E-state index contributed by atoms with van der Waals surface area (Å²) in [4.78, 5) is 12.2. The number of ether oxygens (including phenoxy) is 2. The highest BCUT2D eigenvalue weighted by molar-refractivity contribution is 7.87. The Balaban J connectivity index is 2.76. The zero-order valence-electron chi connectivity index (χ0n) is 17.5. The topological polar surface area (TPSA) is 110 Å². The largest absolute Gasteiger partial charge is 0.455 e. The van der Waals surface area contributed by atoms with Gasteiger partial charge in [-0.1, -0.05) is 25.8 Å². The Morgan fingerprint density at radius 1 is 1.09 bits per heavy atom. The van der Waals surface area contributed by atoms with Crippen LogP contribution in [0.2, 0.25) is 0 Å². The highest BCUT2D eigenvalue weighted by atomic mass is 32.2. The molecule has 0 saturated heterocycles. The van der Waals surface area contributed by atoms with Crippen molar-refractivity contribution in [3.8, 4) is 0 Å². The fourth-order valence-electron chi connectivity index (χ4n) is 3.26. The van der Waals surface area contributed by atoms with E-state index in [-0.39, 0.29) is 12.8 Å². The van der Waals surface area contributed by atoms with Gasteiger partial charge >= 0.3 is 33.4 Å². The van der Waals surface area contributed by atoms with Gasteiger partial charge < -0.3 is 14.6 Å². The molecule has 1 fully saturated rings. The van der Waals surface area contributed by atoms with Crippen molar-refractivity contribution in [2.75, 3.05) is 13.2 Å². The van der Waals surface area contributed by atoms with Gasteiger partial charge in [-0.25, -0.2) is 4.79 Å². The molecular weight excluding hydrogens is 493 g/mol. The molecule has 0 aliphatic heterocycles. The van der Waals surface area contributed by atoms with E-state index < -0.39 is 76.3 Å². The summed E-state index contributed by atoms with van der Waals surface area (Å²) in [6, 6.07) is 0. The Morgan fingerprint density at radius 2 is 1.61 bits per heavy atom. The lowest BCUT2D eigenvalue weighted by atomic mass is 9.78. The molecule has 15 heteroatoms. The maximum Gasteiger partial charge on any atom is 0.431 e. The smallest absolute Gasteiger partial charge is 0.431 e. The van der Waals surface area contributed by atoms with Crippen LogP contribution < -0.4 is 0 Å². The summed E-state index contributed by atoms with van der Waals surface area (Å²) in [6.07, 6.45) is -6.63. The molecule has 0 aromatic carbocycles. The molecule has 0 heterocycles. The van der Waals surface area contributed by atoms with Crippen molar-refractivity contribution < 1.29 is 63.1 Å². The third-order valence-electron chi connectivity index (χ3n) is 5.32. The third-order valence-corrected chi connectivity index (χ3v) is 6.26. The first kappa shape index (κ1) is 29.6. The summed E-state index contributed by atoms with van der Waals surface area (Å²) in [5, 5.41) is 4.26. The maximum atomic E-state index is 13.4. The molecule has 33 heavy (non-hydrogen) atoms. The van der Waals surface area contributed by atoms with Crippen LogP contribution in [0.3, 0.4) is 0 Å². The third kappa shape index (κ3) is 7.02. The number of rotatable bonds is 11. The van der Waals surface area contributed by atoms with Gasteiger partial charge in [0.15, 0.2) is 5.60 Å². The lowest BCUT2D eigenvalue weighted by Gasteiger charge is -2.40. The zero-order valence-corrected chi connectivity index (χ0v) is 18.3. The van der Waals surface area contributed by atoms with Crippen LogP contribution in [0.1, 0.15) is 45.4 Å². The summed E-state index contributed by atoms with van der Waals surface area (Å²) in [5.41, 5.74) is -4.05. The molecule has 1 saturated carbocycles. The molecule has 0 aromatic rings. The van der Waals surface area contributed by atoms with Gasteiger partial charge in [0.05, 0.1) is 18.8 Å². The second-order valence-corrected chi connectivity index (χ2v) is 9.43. The average Bonchev–Trinajstić information content (AvgIpc) is 2.67. The average molecular weight is 518 g/mol. The first-order chi connectivity index (χ1) is 14.8. The molecule has 194 valence electrons. The van der Waals surface area contributed by atoms with Gasteiger partial charge in [-0.2, -0.15) is 39.2 Å². The fourth-order valence-corrected chi connectivity index (χ4v) is 3.74. The van der Waals surface area contributed by atoms with E-state index in [4.69, 9.17) is 9.29 Å². The predicted octanol–water partition coefficient (Wildman–Crippen LogP) is 3.87. The van der Waals surface area contributed by atoms with Crippen LogP contribution in [-0.2, 0) is 24.4 Å². The van der Waals surface area contributed by atoms with E-state index in [2.05, 4.69) is 11.3 Å². The number of esters is 1. The van der Waals surface area contributed by atoms with E-state index in [1.54, 1.807) is 0 Å². The molecular formula is C18H25F7O7S. The van der Waals surface area contributed by atoms with Crippen LogP contribution >= 0.6 is 0 Å². The molecule has 0 radical (unpaired) electrons. The summed E-state index contributed by atoms with van der Waals surface area (Å²) >= 11 is 0. The molecule has 0 spiro atoms. The Bertz CT molecular complexity index is 803. The van der Waals surface area contributed by atoms with Gasteiger partial charge in [0.1, 0.15) is 6.10 Å². The van der Waals surface area contributed by atoms with Crippen LogP contribution in [-0.4, -0.2) is 66.3 Å². The lowest BCUT2D eigenvalue weighted by Crippen LogP contribution is -2.57. The van der Waals surface area contributed by atoms with E-state index in [1.165, 1.54) is 0 Å². The summed E-state index contributed by atoms with van der Waals surface area (Å²) < 4.78 is 132. The molecule has 0 amide bonds. The van der Waals surface area contributed by atoms with Crippen LogP contribution in [0.4, 0.5) is 30.7 Å². The standard InChI is InChI=1S/C18H25F7O7S/c1-11(10-31-9-8-16(19,20)18(24,25)33(28,29)30)14(26)32-13(12-6-4-3-5-7-12)15(2,27)17(21,22)23/h12-13,27H,1,3-10H2,2H3,(H,28,29,30). The highest BCUT2D eigenvalue weighted by Crippen LogP contribution is 2.42. The molecule has 0 aromatic heterocycles. The fraction of sp³-hybridized carbons (Fsp3) is 0.833. The van der Waals surface area contributed by atoms with E-state index in [9.17, 15) is 49.1 Å². The summed E-state index contributed by atoms with van der Waals surface area (Å²) in [7, 11) is -6.42. The Morgan fingerprint density at radius 3 is 2.06 bits per heavy atom. The number of hydrogen-bond acceptors (Lipinski definition) is 6. The minimum absolute atomic E-state index is 0.254. The van der Waals surface area contributed by atoms with E-state index in [1.807, 2.05) is 0 Å². The van der Waals surface area contributed by atoms with Crippen molar-refractivity contribution in [2.45, 2.75) is 74.5 Å². The highest BCUT2D eigenvalue weighted by Gasteiger charge is 2.65. The van der Waals surface area contributed by atoms with Gasteiger partial charge in [-0.3, -0.25) is 4.55 Å². The predicted molar refractivity (Wildman–Crippen MR) is 99.2 cm³/mol. The van der Waals surface area contributed by atoms with Crippen molar-refractivity contribution in [2.24, 2.45) is 5.92 Å². The number of alkyl halides is 7. The van der Waals surface area contributed by atoms with Crippen LogP contribution in [0, 0.1) is 5.92 Å². The van der Waals surface area contributed by atoms with Crippen molar-refractivity contribution in [1.82, 2.24) is 0 Å². The van der Waals surface area contributed by atoms with Crippen LogP contribution in [0.5, 0.6) is 0 Å². The molecule has 2 N–H and O–H groups in total. The minimum atomic E-state index is -6.42. The number of hydrogen-bond donors (Lipinski definition) is 2. The SMILES string of the molecule is C=C(COCCC(F)(F)C(F)(F)S(=O)(=O)O)C(=O)OC(C1CCCCC1)C(C)(O)C(F)(F)F. The van der Waals surface area contributed by atoms with Gasteiger partial charge in [0, 0.05) is 6.42 Å². The van der Waals surface area contributed by atoms with Crippen molar-refractivity contribution in [3.05, 3.63) is 12.2 Å². The van der Waals surface area contributed by atoms with E-state index in [0.717, 1.165) is 6.42 Å². The van der Waals surface area contributed by atoms with Crippen molar-refractivity contribution in [3.63, 3.8) is 0 Å². The minimum Gasteiger partial charge on any atom is -0.455 e. The quantitative estimate of drug-likeness (QED) is 0.141. The Kier molecular flexibility index (Phi) is 9.36. The monoisotopic (exact) mass is 518 g/mol. The Labute approximate surface area is 185 Å². The molecule has 2 unspecified atom stereocenters. The normalized spacial score (nSPS) is 19.6. The summed E-state index contributed by atoms with van der Waals surface area (Å²) in [5.74, 6) is -7.46. The molecule has 0 bridgehead atoms. The van der Waals surface area contributed by atoms with E-state index in [0.29, 0.717) is 19.8 Å². The number of carbonyl (C=O) groups is 1. The molecule has 1 aliphatic rings. The maximum absolute atomic E-state index is 13.4. The van der Waals surface area contributed by atoms with Gasteiger partial charge in [0.25, 0.3) is 0 Å². The van der Waals surface area contributed by atoms with E-state index >= 15 is 0 Å².